The van der Waals surface area contributed by atoms with E-state index in [2.05, 4.69) is 4.99 Å². The number of thioether (sulfide) groups is 1. The Kier molecular flexibility index (Phi) is 4.72. The standard InChI is InChI=1S/C17H12N2O4S/c20-16-15(10-12-6-8-14(9-7-12)19(21)22)18-17(24-16)23-11-13-4-2-1-3-5-13/h1-10H,11H2/b15-10-. The number of aliphatic imine (C=N–C) groups is 1. The predicted octanol–water partition coefficient (Wildman–Crippen LogP) is 3.78. The summed E-state index contributed by atoms with van der Waals surface area (Å²) in [5.41, 5.74) is 1.91. The van der Waals surface area contributed by atoms with Crippen LogP contribution in [0.4, 0.5) is 5.69 Å². The molecular formula is C17H12N2O4S. The van der Waals surface area contributed by atoms with Gasteiger partial charge in [-0.1, -0.05) is 30.3 Å². The van der Waals surface area contributed by atoms with Crippen molar-refractivity contribution < 1.29 is 14.5 Å². The maximum absolute atomic E-state index is 12.0. The molecule has 0 radical (unpaired) electrons. The molecule has 2 aromatic carbocycles. The number of ether oxygens (including phenoxy) is 1. The van der Waals surface area contributed by atoms with E-state index in [1.807, 2.05) is 30.3 Å². The maximum atomic E-state index is 12.0. The lowest BCUT2D eigenvalue weighted by molar-refractivity contribution is -0.384. The molecule has 1 aliphatic heterocycles. The maximum Gasteiger partial charge on any atom is 0.269 e. The van der Waals surface area contributed by atoms with Crippen molar-refractivity contribution in [3.8, 4) is 0 Å². The van der Waals surface area contributed by atoms with Crippen LogP contribution in [0, 0.1) is 10.1 Å². The van der Waals surface area contributed by atoms with Crippen LogP contribution >= 0.6 is 11.8 Å². The molecule has 6 nitrogen and oxygen atoms in total. The van der Waals surface area contributed by atoms with Gasteiger partial charge in [0.05, 0.1) is 4.92 Å². The summed E-state index contributed by atoms with van der Waals surface area (Å²) in [4.78, 5) is 26.3. The van der Waals surface area contributed by atoms with Crippen molar-refractivity contribution in [3.05, 3.63) is 81.5 Å². The molecule has 0 aliphatic carbocycles. The molecule has 0 aromatic heterocycles. The number of non-ortho nitro benzene ring substituents is 1. The molecule has 1 heterocycles. The van der Waals surface area contributed by atoms with Gasteiger partial charge in [-0.25, -0.2) is 4.99 Å². The summed E-state index contributed by atoms with van der Waals surface area (Å²) >= 11 is 0.933. The first-order valence-corrected chi connectivity index (χ1v) is 7.87. The lowest BCUT2D eigenvalue weighted by atomic mass is 10.2. The minimum atomic E-state index is -0.471. The summed E-state index contributed by atoms with van der Waals surface area (Å²) in [6, 6.07) is 15.5. The molecule has 0 saturated heterocycles. The Bertz CT molecular complexity index is 829. The Morgan fingerprint density at radius 1 is 1.12 bits per heavy atom. The second kappa shape index (κ2) is 7.10. The monoisotopic (exact) mass is 340 g/mol. The first-order valence-electron chi connectivity index (χ1n) is 7.05. The van der Waals surface area contributed by atoms with Crippen LogP contribution in [0.3, 0.4) is 0 Å². The number of hydrogen-bond donors (Lipinski definition) is 0. The zero-order valence-corrected chi connectivity index (χ0v) is 13.2. The van der Waals surface area contributed by atoms with Gasteiger partial charge in [0.25, 0.3) is 10.9 Å². The zero-order valence-electron chi connectivity index (χ0n) is 12.4. The topological polar surface area (TPSA) is 81.8 Å². The van der Waals surface area contributed by atoms with Gasteiger partial charge in [-0.05, 0) is 29.3 Å². The Balaban J connectivity index is 1.70. The summed E-state index contributed by atoms with van der Waals surface area (Å²) in [6.45, 7) is 0.338. The van der Waals surface area contributed by atoms with E-state index >= 15 is 0 Å². The lowest BCUT2D eigenvalue weighted by Gasteiger charge is -2.02. The van der Waals surface area contributed by atoms with Gasteiger partial charge in [0, 0.05) is 23.9 Å². The van der Waals surface area contributed by atoms with E-state index in [1.54, 1.807) is 18.2 Å². The van der Waals surface area contributed by atoms with E-state index in [-0.39, 0.29) is 16.5 Å². The van der Waals surface area contributed by atoms with Gasteiger partial charge in [-0.15, -0.1) is 0 Å². The summed E-state index contributed by atoms with van der Waals surface area (Å²) in [7, 11) is 0. The third-order valence-corrected chi connectivity index (χ3v) is 3.99. The smallest absolute Gasteiger partial charge is 0.269 e. The van der Waals surface area contributed by atoms with Crippen molar-refractivity contribution in [2.75, 3.05) is 0 Å². The molecule has 0 amide bonds. The number of rotatable bonds is 4. The third-order valence-electron chi connectivity index (χ3n) is 3.21. The van der Waals surface area contributed by atoms with Crippen LogP contribution in [0.5, 0.6) is 0 Å². The minimum absolute atomic E-state index is 0.000316. The average Bonchev–Trinajstić information content (AvgIpc) is 2.94. The van der Waals surface area contributed by atoms with Crippen molar-refractivity contribution >= 4 is 33.9 Å². The molecule has 0 atom stereocenters. The molecule has 0 unspecified atom stereocenters. The summed E-state index contributed by atoms with van der Waals surface area (Å²) < 4.78 is 5.54. The van der Waals surface area contributed by atoms with E-state index < -0.39 is 4.92 Å². The molecule has 0 fully saturated rings. The highest BCUT2D eigenvalue weighted by atomic mass is 32.2. The fraction of sp³-hybridized carbons (Fsp3) is 0.0588. The van der Waals surface area contributed by atoms with Crippen LogP contribution in [0.1, 0.15) is 11.1 Å². The van der Waals surface area contributed by atoms with E-state index in [9.17, 15) is 14.9 Å². The van der Waals surface area contributed by atoms with Crippen molar-refractivity contribution in [2.24, 2.45) is 4.99 Å². The van der Waals surface area contributed by atoms with Crippen LogP contribution < -0.4 is 0 Å². The van der Waals surface area contributed by atoms with Gasteiger partial charge in [-0.2, -0.15) is 0 Å². The van der Waals surface area contributed by atoms with Crippen molar-refractivity contribution in [1.29, 1.82) is 0 Å². The Hall–Kier alpha value is -2.93. The van der Waals surface area contributed by atoms with Gasteiger partial charge in [0.15, 0.2) is 0 Å². The van der Waals surface area contributed by atoms with Gasteiger partial charge < -0.3 is 4.74 Å². The molecule has 0 saturated carbocycles. The second-order valence-corrected chi connectivity index (χ2v) is 5.84. The molecule has 1 aliphatic rings. The highest BCUT2D eigenvalue weighted by molar-refractivity contribution is 8.26. The van der Waals surface area contributed by atoms with E-state index in [4.69, 9.17) is 4.74 Å². The Morgan fingerprint density at radius 2 is 1.83 bits per heavy atom. The van der Waals surface area contributed by atoms with Gasteiger partial charge in [0.1, 0.15) is 12.3 Å². The van der Waals surface area contributed by atoms with Crippen LogP contribution in [-0.2, 0) is 16.1 Å². The van der Waals surface area contributed by atoms with Crippen LogP contribution in [-0.4, -0.2) is 15.3 Å². The molecule has 0 spiro atoms. The van der Waals surface area contributed by atoms with E-state index in [0.29, 0.717) is 17.4 Å². The minimum Gasteiger partial charge on any atom is -0.468 e. The van der Waals surface area contributed by atoms with Crippen molar-refractivity contribution in [2.45, 2.75) is 6.61 Å². The molecule has 7 heteroatoms. The molecule has 24 heavy (non-hydrogen) atoms. The van der Waals surface area contributed by atoms with Crippen LogP contribution in [0.15, 0.2) is 65.3 Å². The van der Waals surface area contributed by atoms with Gasteiger partial charge in [-0.3, -0.25) is 14.9 Å². The summed E-state index contributed by atoms with van der Waals surface area (Å²) in [6.07, 6.45) is 1.58. The Morgan fingerprint density at radius 3 is 2.50 bits per heavy atom. The largest absolute Gasteiger partial charge is 0.468 e. The number of hydrogen-bond acceptors (Lipinski definition) is 6. The first kappa shape index (κ1) is 15.9. The normalized spacial score (nSPS) is 15.4. The fourth-order valence-electron chi connectivity index (χ4n) is 2.02. The summed E-state index contributed by atoms with van der Waals surface area (Å²) in [5, 5.41) is 10.7. The average molecular weight is 340 g/mol. The Labute approximate surface area is 142 Å². The van der Waals surface area contributed by atoms with E-state index in [0.717, 1.165) is 17.3 Å². The second-order valence-electron chi connectivity index (χ2n) is 4.92. The number of nitro groups is 1. The van der Waals surface area contributed by atoms with Crippen LogP contribution in [0.2, 0.25) is 0 Å². The van der Waals surface area contributed by atoms with Crippen molar-refractivity contribution in [3.63, 3.8) is 0 Å². The highest BCUT2D eigenvalue weighted by Crippen LogP contribution is 2.26. The molecule has 3 rings (SSSR count). The zero-order chi connectivity index (χ0) is 16.9. The van der Waals surface area contributed by atoms with Gasteiger partial charge in [0.2, 0.25) is 5.12 Å². The number of nitro benzene ring substituents is 1. The van der Waals surface area contributed by atoms with Crippen molar-refractivity contribution in [1.82, 2.24) is 0 Å². The molecule has 0 N–H and O–H groups in total. The SMILES string of the molecule is O=C1SC(OCc2ccccc2)=N/C1=C\c1ccc([N+](=O)[O-])cc1. The van der Waals surface area contributed by atoms with Gasteiger partial charge >= 0.3 is 0 Å². The molecule has 0 bridgehead atoms. The summed E-state index contributed by atoms with van der Waals surface area (Å²) in [5.74, 6) is 0. The quantitative estimate of drug-likeness (QED) is 0.480. The molecule has 120 valence electrons. The molecular weight excluding hydrogens is 328 g/mol. The number of benzene rings is 2. The fourth-order valence-corrected chi connectivity index (χ4v) is 2.65. The number of carbonyl (C=O) groups is 1. The predicted molar refractivity (Wildman–Crippen MR) is 92.3 cm³/mol. The highest BCUT2D eigenvalue weighted by Gasteiger charge is 2.23. The molecule has 2 aromatic rings. The third kappa shape index (κ3) is 3.88. The van der Waals surface area contributed by atoms with Crippen LogP contribution in [0.25, 0.3) is 6.08 Å². The number of carbonyl (C=O) groups excluding carboxylic acids is 1. The lowest BCUT2D eigenvalue weighted by Crippen LogP contribution is -1.98. The number of nitrogens with zero attached hydrogens (tertiary/aromatic N) is 2. The first-order chi connectivity index (χ1) is 11.6. The van der Waals surface area contributed by atoms with E-state index in [1.165, 1.54) is 12.1 Å².